The first-order valence-electron chi connectivity index (χ1n) is 5.52. The molecule has 2 heterocycles. The summed E-state index contributed by atoms with van der Waals surface area (Å²) >= 11 is 5.91. The Labute approximate surface area is 100.0 Å². The summed E-state index contributed by atoms with van der Waals surface area (Å²) in [6, 6.07) is 1.83. The van der Waals surface area contributed by atoms with Gasteiger partial charge in [0.15, 0.2) is 0 Å². The van der Waals surface area contributed by atoms with E-state index >= 15 is 0 Å². The summed E-state index contributed by atoms with van der Waals surface area (Å²) in [7, 11) is 0. The molecule has 1 amide bonds. The minimum atomic E-state index is 0.0294. The zero-order valence-electron chi connectivity index (χ0n) is 9.32. The molecule has 1 unspecified atom stereocenters. The zero-order chi connectivity index (χ0) is 11.7. The van der Waals surface area contributed by atoms with Gasteiger partial charge in [-0.15, -0.1) is 0 Å². The van der Waals surface area contributed by atoms with Crippen LogP contribution in [0.4, 0.5) is 0 Å². The third-order valence-electron chi connectivity index (χ3n) is 2.93. The van der Waals surface area contributed by atoms with Crippen molar-refractivity contribution in [3.8, 4) is 0 Å². The van der Waals surface area contributed by atoms with Gasteiger partial charge in [-0.25, -0.2) is 0 Å². The van der Waals surface area contributed by atoms with E-state index in [-0.39, 0.29) is 11.9 Å². The van der Waals surface area contributed by atoms with Crippen LogP contribution >= 0.6 is 11.6 Å². The number of hydrogen-bond donors (Lipinski definition) is 1. The molecule has 0 aliphatic carbocycles. The Morgan fingerprint density at radius 2 is 2.44 bits per heavy atom. The standard InChI is InChI=1S/C11H16ClN3O/c1-2-14-6-8(12)5-10(14)11(16)15-4-3-9(13)7-15/h5-6,9H,2-4,7,13H2,1H3. The molecule has 1 atom stereocenters. The Kier molecular flexibility index (Phi) is 3.21. The van der Waals surface area contributed by atoms with Crippen molar-refractivity contribution in [1.82, 2.24) is 9.47 Å². The summed E-state index contributed by atoms with van der Waals surface area (Å²) in [4.78, 5) is 14.0. The van der Waals surface area contributed by atoms with E-state index in [0.717, 1.165) is 19.5 Å². The summed E-state index contributed by atoms with van der Waals surface area (Å²) in [5, 5.41) is 0.605. The third-order valence-corrected chi connectivity index (χ3v) is 3.14. The second kappa shape index (κ2) is 4.47. The van der Waals surface area contributed by atoms with Crippen LogP contribution in [-0.4, -0.2) is 34.5 Å². The molecule has 2 rings (SSSR count). The molecule has 16 heavy (non-hydrogen) atoms. The van der Waals surface area contributed by atoms with E-state index in [1.165, 1.54) is 0 Å². The van der Waals surface area contributed by atoms with Gasteiger partial charge in [0, 0.05) is 31.9 Å². The second-order valence-corrected chi connectivity index (χ2v) is 4.57. The molecular formula is C11H16ClN3O. The molecule has 88 valence electrons. The van der Waals surface area contributed by atoms with Gasteiger partial charge in [-0.2, -0.15) is 0 Å². The molecule has 0 radical (unpaired) electrons. The number of amides is 1. The SMILES string of the molecule is CCn1cc(Cl)cc1C(=O)N1CCC(N)C1. The van der Waals surface area contributed by atoms with Crippen LogP contribution < -0.4 is 5.73 Å². The molecule has 0 saturated carbocycles. The van der Waals surface area contributed by atoms with Crippen molar-refractivity contribution in [3.63, 3.8) is 0 Å². The first kappa shape index (κ1) is 11.5. The van der Waals surface area contributed by atoms with Gasteiger partial charge in [-0.3, -0.25) is 4.79 Å². The molecule has 4 nitrogen and oxygen atoms in total. The fourth-order valence-electron chi connectivity index (χ4n) is 2.05. The fraction of sp³-hybridized carbons (Fsp3) is 0.545. The van der Waals surface area contributed by atoms with E-state index in [9.17, 15) is 4.79 Å². The molecule has 0 bridgehead atoms. The van der Waals surface area contributed by atoms with Gasteiger partial charge in [0.05, 0.1) is 5.02 Å². The molecular weight excluding hydrogens is 226 g/mol. The number of likely N-dealkylation sites (tertiary alicyclic amines) is 1. The number of nitrogens with two attached hydrogens (primary N) is 1. The van der Waals surface area contributed by atoms with Crippen molar-refractivity contribution >= 4 is 17.5 Å². The van der Waals surface area contributed by atoms with Gasteiger partial charge < -0.3 is 15.2 Å². The van der Waals surface area contributed by atoms with E-state index < -0.39 is 0 Å². The number of carbonyl (C=O) groups is 1. The van der Waals surface area contributed by atoms with Crippen LogP contribution in [0, 0.1) is 0 Å². The molecule has 0 aromatic carbocycles. The summed E-state index contributed by atoms with van der Waals surface area (Å²) in [5.41, 5.74) is 6.44. The van der Waals surface area contributed by atoms with E-state index in [1.54, 1.807) is 17.2 Å². The van der Waals surface area contributed by atoms with E-state index in [4.69, 9.17) is 17.3 Å². The van der Waals surface area contributed by atoms with Gasteiger partial charge >= 0.3 is 0 Å². The van der Waals surface area contributed by atoms with Gasteiger partial charge in [0.25, 0.3) is 5.91 Å². The molecule has 2 N–H and O–H groups in total. The summed E-state index contributed by atoms with van der Waals surface area (Å²) in [5.74, 6) is 0.0294. The molecule has 1 aromatic rings. The predicted molar refractivity (Wildman–Crippen MR) is 63.6 cm³/mol. The monoisotopic (exact) mass is 241 g/mol. The van der Waals surface area contributed by atoms with Gasteiger partial charge in [0.2, 0.25) is 0 Å². The van der Waals surface area contributed by atoms with Crippen LogP contribution in [0.3, 0.4) is 0 Å². The van der Waals surface area contributed by atoms with E-state index in [1.807, 2.05) is 11.5 Å². The highest BCUT2D eigenvalue weighted by molar-refractivity contribution is 6.31. The fourth-order valence-corrected chi connectivity index (χ4v) is 2.27. The molecule has 1 aliphatic heterocycles. The Morgan fingerprint density at radius 1 is 1.69 bits per heavy atom. The Balaban J connectivity index is 2.20. The maximum Gasteiger partial charge on any atom is 0.270 e. The van der Waals surface area contributed by atoms with Crippen LogP contribution in [0.1, 0.15) is 23.8 Å². The second-order valence-electron chi connectivity index (χ2n) is 4.13. The molecule has 5 heteroatoms. The molecule has 0 spiro atoms. The maximum atomic E-state index is 12.2. The number of rotatable bonds is 2. The number of aromatic nitrogens is 1. The van der Waals surface area contributed by atoms with Crippen molar-refractivity contribution in [2.24, 2.45) is 5.73 Å². The lowest BCUT2D eigenvalue weighted by molar-refractivity contribution is 0.0780. The summed E-state index contributed by atoms with van der Waals surface area (Å²) in [6.07, 6.45) is 2.66. The lowest BCUT2D eigenvalue weighted by atomic mass is 10.3. The van der Waals surface area contributed by atoms with E-state index in [2.05, 4.69) is 0 Å². The highest BCUT2D eigenvalue weighted by atomic mass is 35.5. The van der Waals surface area contributed by atoms with E-state index in [0.29, 0.717) is 17.3 Å². The first-order chi connectivity index (χ1) is 7.61. The van der Waals surface area contributed by atoms with Gasteiger partial charge in [0.1, 0.15) is 5.69 Å². The Hall–Kier alpha value is -1.00. The maximum absolute atomic E-state index is 12.2. The van der Waals surface area contributed by atoms with Crippen molar-refractivity contribution in [2.75, 3.05) is 13.1 Å². The summed E-state index contributed by atoms with van der Waals surface area (Å²) < 4.78 is 1.87. The van der Waals surface area contributed by atoms with Crippen LogP contribution in [0.25, 0.3) is 0 Å². The molecule has 1 fully saturated rings. The van der Waals surface area contributed by atoms with Crippen LogP contribution in [0.2, 0.25) is 5.02 Å². The number of carbonyl (C=O) groups excluding carboxylic acids is 1. The smallest absolute Gasteiger partial charge is 0.270 e. The van der Waals surface area contributed by atoms with Gasteiger partial charge in [-0.05, 0) is 19.4 Å². The number of hydrogen-bond acceptors (Lipinski definition) is 2. The highest BCUT2D eigenvalue weighted by Gasteiger charge is 2.26. The van der Waals surface area contributed by atoms with Crippen LogP contribution in [-0.2, 0) is 6.54 Å². The van der Waals surface area contributed by atoms with Gasteiger partial charge in [-0.1, -0.05) is 11.6 Å². The number of aryl methyl sites for hydroxylation is 1. The lowest BCUT2D eigenvalue weighted by Crippen LogP contribution is -2.33. The number of halogens is 1. The largest absolute Gasteiger partial charge is 0.342 e. The van der Waals surface area contributed by atoms with Crippen LogP contribution in [0.5, 0.6) is 0 Å². The first-order valence-corrected chi connectivity index (χ1v) is 5.90. The summed E-state index contributed by atoms with van der Waals surface area (Å²) in [6.45, 7) is 4.12. The average molecular weight is 242 g/mol. The zero-order valence-corrected chi connectivity index (χ0v) is 10.1. The third kappa shape index (κ3) is 2.08. The van der Waals surface area contributed by atoms with Crippen molar-refractivity contribution in [3.05, 3.63) is 23.0 Å². The molecule has 1 aliphatic rings. The highest BCUT2D eigenvalue weighted by Crippen LogP contribution is 2.18. The van der Waals surface area contributed by atoms with Crippen molar-refractivity contribution < 1.29 is 4.79 Å². The minimum Gasteiger partial charge on any atom is -0.342 e. The Bertz CT molecular complexity index is 402. The lowest BCUT2D eigenvalue weighted by Gasteiger charge is -2.16. The quantitative estimate of drug-likeness (QED) is 0.850. The van der Waals surface area contributed by atoms with Crippen LogP contribution in [0.15, 0.2) is 12.3 Å². The number of nitrogens with zero attached hydrogens (tertiary/aromatic N) is 2. The predicted octanol–water partition coefficient (Wildman–Crippen LogP) is 1.33. The van der Waals surface area contributed by atoms with Crippen molar-refractivity contribution in [2.45, 2.75) is 25.9 Å². The topological polar surface area (TPSA) is 51.3 Å². The Morgan fingerprint density at radius 3 is 3.00 bits per heavy atom. The normalized spacial score (nSPS) is 20.4. The van der Waals surface area contributed by atoms with Crippen molar-refractivity contribution in [1.29, 1.82) is 0 Å². The molecule has 1 saturated heterocycles. The minimum absolute atomic E-state index is 0.0294. The molecule has 1 aromatic heterocycles. The average Bonchev–Trinajstić information content (AvgIpc) is 2.83.